The van der Waals surface area contributed by atoms with Gasteiger partial charge in [0.15, 0.2) is 0 Å². The summed E-state index contributed by atoms with van der Waals surface area (Å²) in [5, 5.41) is 0. The van der Waals surface area contributed by atoms with Gasteiger partial charge in [0.1, 0.15) is 17.3 Å². The zero-order chi connectivity index (χ0) is 13.8. The molecule has 0 atom stereocenters. The molecule has 0 aliphatic rings. The molecular weight excluding hydrogens is 254 g/mol. The first-order chi connectivity index (χ1) is 8.36. The van der Waals surface area contributed by atoms with Gasteiger partial charge < -0.3 is 15.4 Å². The summed E-state index contributed by atoms with van der Waals surface area (Å²) in [5.41, 5.74) is 5.98. The number of nitrogen functional groups attached to an aromatic ring is 1. The Morgan fingerprint density at radius 1 is 1.39 bits per heavy atom. The van der Waals surface area contributed by atoms with Crippen LogP contribution in [0.1, 0.15) is 0 Å². The van der Waals surface area contributed by atoms with Gasteiger partial charge in [-0.1, -0.05) is 0 Å². The smallest absolute Gasteiger partial charge is 0.244 e. The van der Waals surface area contributed by atoms with Gasteiger partial charge in [0, 0.05) is 12.2 Å². The standard InChI is InChI=1S/C11H19N3O3S/c1-13-18(15,16)11-8-9(12)4-5-10(11)17-7-6-14(2)3/h4-5,8,13H,6-7,12H2,1-3H3. The zero-order valence-electron chi connectivity index (χ0n) is 10.8. The van der Waals surface area contributed by atoms with Gasteiger partial charge in [-0.05, 0) is 39.3 Å². The molecule has 0 heterocycles. The SMILES string of the molecule is CNS(=O)(=O)c1cc(N)ccc1OCCN(C)C. The molecule has 102 valence electrons. The fourth-order valence-electron chi connectivity index (χ4n) is 1.30. The summed E-state index contributed by atoms with van der Waals surface area (Å²) in [4.78, 5) is 2.01. The molecule has 3 N–H and O–H groups in total. The number of anilines is 1. The normalized spacial score (nSPS) is 11.8. The van der Waals surface area contributed by atoms with Crippen LogP contribution in [-0.4, -0.2) is 47.6 Å². The van der Waals surface area contributed by atoms with E-state index in [4.69, 9.17) is 10.5 Å². The molecule has 0 amide bonds. The maximum atomic E-state index is 11.8. The number of likely N-dealkylation sites (N-methyl/N-ethyl adjacent to an activating group) is 1. The Kier molecular flexibility index (Phi) is 4.94. The number of benzene rings is 1. The first-order valence-electron chi connectivity index (χ1n) is 5.47. The number of sulfonamides is 1. The minimum Gasteiger partial charge on any atom is -0.491 e. The van der Waals surface area contributed by atoms with Crippen LogP contribution < -0.4 is 15.2 Å². The highest BCUT2D eigenvalue weighted by atomic mass is 32.2. The Bertz CT molecular complexity index is 500. The number of rotatable bonds is 6. The maximum Gasteiger partial charge on any atom is 0.244 e. The molecule has 0 saturated carbocycles. The van der Waals surface area contributed by atoms with Crippen LogP contribution >= 0.6 is 0 Å². The van der Waals surface area contributed by atoms with Crippen LogP contribution in [0, 0.1) is 0 Å². The summed E-state index contributed by atoms with van der Waals surface area (Å²) >= 11 is 0. The third kappa shape index (κ3) is 3.86. The molecule has 1 aromatic carbocycles. The lowest BCUT2D eigenvalue weighted by Gasteiger charge is -2.14. The molecule has 6 nitrogen and oxygen atoms in total. The molecular formula is C11H19N3O3S. The van der Waals surface area contributed by atoms with Crippen LogP contribution in [0.25, 0.3) is 0 Å². The van der Waals surface area contributed by atoms with Crippen molar-refractivity contribution in [1.29, 1.82) is 0 Å². The molecule has 0 fully saturated rings. The van der Waals surface area contributed by atoms with E-state index in [1.807, 2.05) is 19.0 Å². The molecule has 7 heteroatoms. The first-order valence-corrected chi connectivity index (χ1v) is 6.95. The highest BCUT2D eigenvalue weighted by Gasteiger charge is 2.18. The number of nitrogens with one attached hydrogen (secondary N) is 1. The van der Waals surface area contributed by atoms with E-state index in [0.717, 1.165) is 0 Å². The van der Waals surface area contributed by atoms with E-state index in [1.54, 1.807) is 12.1 Å². The summed E-state index contributed by atoms with van der Waals surface area (Å²) < 4.78 is 31.4. The van der Waals surface area contributed by atoms with Crippen molar-refractivity contribution in [1.82, 2.24) is 9.62 Å². The third-order valence-electron chi connectivity index (χ3n) is 2.32. The van der Waals surface area contributed by atoms with Crippen LogP contribution in [-0.2, 0) is 10.0 Å². The molecule has 0 aromatic heterocycles. The molecule has 0 unspecified atom stereocenters. The number of ether oxygens (including phenoxy) is 1. The number of nitrogens with two attached hydrogens (primary N) is 1. The fraction of sp³-hybridized carbons (Fsp3) is 0.455. The first kappa shape index (κ1) is 14.7. The van der Waals surface area contributed by atoms with Crippen molar-refractivity contribution in [2.24, 2.45) is 0 Å². The van der Waals surface area contributed by atoms with E-state index in [0.29, 0.717) is 24.6 Å². The van der Waals surface area contributed by atoms with Gasteiger partial charge in [-0.25, -0.2) is 13.1 Å². The third-order valence-corrected chi connectivity index (χ3v) is 3.76. The van der Waals surface area contributed by atoms with E-state index >= 15 is 0 Å². The van der Waals surface area contributed by atoms with Gasteiger partial charge in [0.25, 0.3) is 0 Å². The zero-order valence-corrected chi connectivity index (χ0v) is 11.6. The van der Waals surface area contributed by atoms with Crippen molar-refractivity contribution in [3.63, 3.8) is 0 Å². The van der Waals surface area contributed by atoms with Crippen molar-refractivity contribution in [2.45, 2.75) is 4.90 Å². The fourth-order valence-corrected chi connectivity index (χ4v) is 2.21. The lowest BCUT2D eigenvalue weighted by molar-refractivity contribution is 0.256. The van der Waals surface area contributed by atoms with Crippen molar-refractivity contribution < 1.29 is 13.2 Å². The Balaban J connectivity index is 2.98. The monoisotopic (exact) mass is 273 g/mol. The lowest BCUT2D eigenvalue weighted by Crippen LogP contribution is -2.22. The average molecular weight is 273 g/mol. The predicted molar refractivity (Wildman–Crippen MR) is 71.1 cm³/mol. The summed E-state index contributed by atoms with van der Waals surface area (Å²) in [6.07, 6.45) is 0. The van der Waals surface area contributed by atoms with Crippen molar-refractivity contribution in [3.05, 3.63) is 18.2 Å². The Labute approximate surface area is 108 Å². The van der Waals surface area contributed by atoms with Gasteiger partial charge in [-0.2, -0.15) is 0 Å². The highest BCUT2D eigenvalue weighted by molar-refractivity contribution is 7.89. The van der Waals surface area contributed by atoms with Crippen LogP contribution in [0.4, 0.5) is 5.69 Å². The largest absolute Gasteiger partial charge is 0.491 e. The van der Waals surface area contributed by atoms with Crippen molar-refractivity contribution in [2.75, 3.05) is 40.0 Å². The molecule has 18 heavy (non-hydrogen) atoms. The van der Waals surface area contributed by atoms with Gasteiger partial charge in [-0.15, -0.1) is 0 Å². The summed E-state index contributed by atoms with van der Waals surface area (Å²) in [7, 11) is 1.61. The average Bonchev–Trinajstić information content (AvgIpc) is 2.30. The second-order valence-electron chi connectivity index (χ2n) is 4.07. The lowest BCUT2D eigenvalue weighted by atomic mass is 10.3. The minimum absolute atomic E-state index is 0.0590. The molecule has 1 rings (SSSR count). The summed E-state index contributed by atoms with van der Waals surface area (Å²) in [5.74, 6) is 0.306. The summed E-state index contributed by atoms with van der Waals surface area (Å²) in [6.45, 7) is 1.10. The van der Waals surface area contributed by atoms with Crippen LogP contribution in [0.2, 0.25) is 0 Å². The predicted octanol–water partition coefficient (Wildman–Crippen LogP) is 0.117. The Morgan fingerprint density at radius 2 is 2.06 bits per heavy atom. The van der Waals surface area contributed by atoms with Gasteiger partial charge in [0.2, 0.25) is 10.0 Å². The van der Waals surface area contributed by atoms with Gasteiger partial charge >= 0.3 is 0 Å². The molecule has 1 aromatic rings. The second-order valence-corrected chi connectivity index (χ2v) is 5.92. The molecule has 0 bridgehead atoms. The van der Waals surface area contributed by atoms with E-state index in [-0.39, 0.29) is 4.90 Å². The Morgan fingerprint density at radius 3 is 2.61 bits per heavy atom. The van der Waals surface area contributed by atoms with Crippen LogP contribution in [0.15, 0.2) is 23.1 Å². The molecule has 0 spiro atoms. The molecule has 0 saturated heterocycles. The van der Waals surface area contributed by atoms with E-state index < -0.39 is 10.0 Å². The number of nitrogens with zero attached hydrogens (tertiary/aromatic N) is 1. The Hall–Kier alpha value is -1.31. The van der Waals surface area contributed by atoms with Crippen molar-refractivity contribution >= 4 is 15.7 Å². The van der Waals surface area contributed by atoms with Crippen LogP contribution in [0.3, 0.4) is 0 Å². The topological polar surface area (TPSA) is 84.7 Å². The second kappa shape index (κ2) is 6.03. The van der Waals surface area contributed by atoms with Crippen LogP contribution in [0.5, 0.6) is 5.75 Å². The molecule has 0 aliphatic heterocycles. The minimum atomic E-state index is -3.57. The van der Waals surface area contributed by atoms with E-state index in [9.17, 15) is 8.42 Å². The number of hydrogen-bond acceptors (Lipinski definition) is 5. The molecule has 0 aliphatic carbocycles. The van der Waals surface area contributed by atoms with E-state index in [2.05, 4.69) is 4.72 Å². The molecule has 0 radical (unpaired) electrons. The highest BCUT2D eigenvalue weighted by Crippen LogP contribution is 2.25. The van der Waals surface area contributed by atoms with E-state index in [1.165, 1.54) is 13.1 Å². The van der Waals surface area contributed by atoms with Gasteiger partial charge in [0.05, 0.1) is 0 Å². The maximum absolute atomic E-state index is 11.8. The van der Waals surface area contributed by atoms with Crippen molar-refractivity contribution in [3.8, 4) is 5.75 Å². The summed E-state index contributed by atoms with van der Waals surface area (Å²) in [6, 6.07) is 4.56. The quantitative estimate of drug-likeness (QED) is 0.719. The van der Waals surface area contributed by atoms with Gasteiger partial charge in [-0.3, -0.25) is 0 Å². The number of hydrogen-bond donors (Lipinski definition) is 2.